The second-order valence-corrected chi connectivity index (χ2v) is 3.13. The first-order chi connectivity index (χ1) is 7.04. The van der Waals surface area contributed by atoms with Gasteiger partial charge in [-0.05, 0) is 19.9 Å². The maximum Gasteiger partial charge on any atom is 0.310 e. The molecule has 15 heavy (non-hydrogen) atoms. The van der Waals surface area contributed by atoms with Crippen LogP contribution in [0.1, 0.15) is 18.2 Å². The fraction of sp³-hybridized carbons (Fsp3) is 0.400. The Balaban J connectivity index is 2.95. The van der Waals surface area contributed by atoms with Crippen molar-refractivity contribution in [1.82, 2.24) is 4.98 Å². The summed E-state index contributed by atoms with van der Waals surface area (Å²) in [6.45, 7) is 3.58. The van der Waals surface area contributed by atoms with Crippen molar-refractivity contribution < 1.29 is 14.6 Å². The Kier molecular flexibility index (Phi) is 3.49. The van der Waals surface area contributed by atoms with E-state index in [1.54, 1.807) is 13.8 Å². The monoisotopic (exact) mass is 211 g/mol. The number of carbonyl (C=O) groups is 1. The molecule has 1 aromatic rings. The number of hydrogen-bond acceptors (Lipinski definition) is 4. The predicted octanol–water partition coefficient (Wildman–Crippen LogP) is 0.495. The third-order valence-electron chi connectivity index (χ3n) is 1.87. The van der Waals surface area contributed by atoms with Crippen molar-refractivity contribution in [2.45, 2.75) is 20.3 Å². The number of H-pyrrole nitrogens is 1. The van der Waals surface area contributed by atoms with Crippen molar-refractivity contribution in [3.63, 3.8) is 0 Å². The minimum atomic E-state index is -0.526. The zero-order valence-electron chi connectivity index (χ0n) is 8.66. The molecule has 0 saturated carbocycles. The van der Waals surface area contributed by atoms with Crippen molar-refractivity contribution in [1.29, 1.82) is 0 Å². The number of aromatic hydroxyl groups is 1. The molecule has 1 rings (SSSR count). The van der Waals surface area contributed by atoms with Crippen LogP contribution in [0.3, 0.4) is 0 Å². The molecule has 0 amide bonds. The van der Waals surface area contributed by atoms with Crippen LogP contribution in [0, 0.1) is 6.92 Å². The van der Waals surface area contributed by atoms with Gasteiger partial charge < -0.3 is 14.8 Å². The van der Waals surface area contributed by atoms with Gasteiger partial charge in [-0.3, -0.25) is 9.59 Å². The van der Waals surface area contributed by atoms with Crippen LogP contribution in [-0.4, -0.2) is 22.7 Å². The molecule has 0 aliphatic rings. The summed E-state index contributed by atoms with van der Waals surface area (Å²) in [6, 6.07) is 1.40. The molecule has 0 bridgehead atoms. The molecule has 2 N–H and O–H groups in total. The van der Waals surface area contributed by atoms with Crippen molar-refractivity contribution in [3.8, 4) is 5.75 Å². The summed E-state index contributed by atoms with van der Waals surface area (Å²) in [5.41, 5.74) is 0.129. The average molecular weight is 211 g/mol. The normalized spacial score (nSPS) is 10.0. The average Bonchev–Trinajstić information content (AvgIpc) is 2.11. The quantitative estimate of drug-likeness (QED) is 0.713. The first-order valence-electron chi connectivity index (χ1n) is 4.62. The molecule has 0 fully saturated rings. The van der Waals surface area contributed by atoms with Crippen molar-refractivity contribution in [3.05, 3.63) is 27.7 Å². The van der Waals surface area contributed by atoms with E-state index in [1.807, 2.05) is 0 Å². The number of esters is 1. The summed E-state index contributed by atoms with van der Waals surface area (Å²) in [6.07, 6.45) is -0.213. The summed E-state index contributed by atoms with van der Waals surface area (Å²) in [5, 5.41) is 9.46. The molecule has 0 unspecified atom stereocenters. The molecule has 5 heteroatoms. The molecule has 0 aliphatic heterocycles. The standard InChI is InChI=1S/C10H13NO4/c1-3-15-9(13)5-7-8(12)4-6(2)11-10(7)14/h4H,3,5H2,1-2H3,(H2,11,12,14). The predicted molar refractivity (Wildman–Crippen MR) is 53.8 cm³/mol. The number of pyridine rings is 1. The first kappa shape index (κ1) is 11.3. The number of ether oxygens (including phenoxy) is 1. The Morgan fingerprint density at radius 3 is 2.80 bits per heavy atom. The lowest BCUT2D eigenvalue weighted by atomic mass is 10.1. The number of hydrogen-bond donors (Lipinski definition) is 2. The summed E-state index contributed by atoms with van der Waals surface area (Å²) in [5.74, 6) is -0.702. The van der Waals surface area contributed by atoms with Gasteiger partial charge in [0.15, 0.2) is 0 Å². The molecular weight excluding hydrogens is 198 g/mol. The third-order valence-corrected chi connectivity index (χ3v) is 1.87. The molecule has 0 radical (unpaired) electrons. The van der Waals surface area contributed by atoms with Crippen molar-refractivity contribution in [2.75, 3.05) is 6.61 Å². The van der Waals surface area contributed by atoms with Crippen LogP contribution in [0.25, 0.3) is 0 Å². The summed E-state index contributed by atoms with van der Waals surface area (Å²) in [7, 11) is 0. The second kappa shape index (κ2) is 4.63. The van der Waals surface area contributed by atoms with Crippen LogP contribution in [-0.2, 0) is 16.0 Å². The lowest BCUT2D eigenvalue weighted by Gasteiger charge is -2.04. The number of aromatic nitrogens is 1. The highest BCUT2D eigenvalue weighted by Crippen LogP contribution is 2.13. The van der Waals surface area contributed by atoms with Gasteiger partial charge in [0, 0.05) is 5.69 Å². The van der Waals surface area contributed by atoms with E-state index in [9.17, 15) is 14.7 Å². The highest BCUT2D eigenvalue weighted by atomic mass is 16.5. The SMILES string of the molecule is CCOC(=O)Cc1c(O)cc(C)[nH]c1=O. The largest absolute Gasteiger partial charge is 0.507 e. The van der Waals surface area contributed by atoms with Crippen LogP contribution < -0.4 is 5.56 Å². The van der Waals surface area contributed by atoms with Crippen LogP contribution in [0.5, 0.6) is 5.75 Å². The Labute approximate surface area is 86.7 Å². The minimum Gasteiger partial charge on any atom is -0.507 e. The van der Waals surface area contributed by atoms with Crippen molar-refractivity contribution in [2.24, 2.45) is 0 Å². The van der Waals surface area contributed by atoms with Gasteiger partial charge in [-0.15, -0.1) is 0 Å². The van der Waals surface area contributed by atoms with Gasteiger partial charge in [0.2, 0.25) is 0 Å². The number of aromatic amines is 1. The van der Waals surface area contributed by atoms with Crippen LogP contribution >= 0.6 is 0 Å². The topological polar surface area (TPSA) is 79.4 Å². The highest BCUT2D eigenvalue weighted by Gasteiger charge is 2.12. The fourth-order valence-electron chi connectivity index (χ4n) is 1.23. The summed E-state index contributed by atoms with van der Waals surface area (Å²) >= 11 is 0. The Hall–Kier alpha value is -1.78. The Morgan fingerprint density at radius 2 is 2.27 bits per heavy atom. The van der Waals surface area contributed by atoms with E-state index in [4.69, 9.17) is 0 Å². The third kappa shape index (κ3) is 2.83. The minimum absolute atomic E-state index is 0.0408. The van der Waals surface area contributed by atoms with Gasteiger partial charge in [-0.2, -0.15) is 0 Å². The van der Waals surface area contributed by atoms with Gasteiger partial charge in [0.1, 0.15) is 5.75 Å². The number of rotatable bonds is 3. The molecule has 1 heterocycles. The molecule has 0 aromatic carbocycles. The van der Waals surface area contributed by atoms with E-state index < -0.39 is 11.5 Å². The molecule has 0 saturated heterocycles. The Morgan fingerprint density at radius 1 is 1.60 bits per heavy atom. The van der Waals surface area contributed by atoms with E-state index in [0.29, 0.717) is 5.69 Å². The van der Waals surface area contributed by atoms with Gasteiger partial charge in [0.25, 0.3) is 5.56 Å². The van der Waals surface area contributed by atoms with E-state index in [0.717, 1.165) is 0 Å². The molecule has 0 aliphatic carbocycles. The maximum absolute atomic E-state index is 11.4. The van der Waals surface area contributed by atoms with E-state index in [-0.39, 0.29) is 24.3 Å². The number of carbonyl (C=O) groups excluding carboxylic acids is 1. The molecule has 82 valence electrons. The zero-order chi connectivity index (χ0) is 11.4. The van der Waals surface area contributed by atoms with Crippen LogP contribution in [0.2, 0.25) is 0 Å². The summed E-state index contributed by atoms with van der Waals surface area (Å²) < 4.78 is 4.68. The van der Waals surface area contributed by atoms with Crippen LogP contribution in [0.15, 0.2) is 10.9 Å². The van der Waals surface area contributed by atoms with Crippen LogP contribution in [0.4, 0.5) is 0 Å². The van der Waals surface area contributed by atoms with Gasteiger partial charge in [-0.25, -0.2) is 0 Å². The van der Waals surface area contributed by atoms with Crippen molar-refractivity contribution >= 4 is 5.97 Å². The smallest absolute Gasteiger partial charge is 0.310 e. The Bertz CT molecular complexity index is 422. The van der Waals surface area contributed by atoms with Gasteiger partial charge in [0.05, 0.1) is 18.6 Å². The summed E-state index contributed by atoms with van der Waals surface area (Å²) in [4.78, 5) is 25.0. The fourth-order valence-corrected chi connectivity index (χ4v) is 1.23. The van der Waals surface area contributed by atoms with E-state index in [2.05, 4.69) is 9.72 Å². The lowest BCUT2D eigenvalue weighted by Crippen LogP contribution is -2.18. The maximum atomic E-state index is 11.4. The molecule has 1 aromatic heterocycles. The van der Waals surface area contributed by atoms with E-state index in [1.165, 1.54) is 6.07 Å². The highest BCUT2D eigenvalue weighted by molar-refractivity contribution is 5.73. The lowest BCUT2D eigenvalue weighted by molar-refractivity contribution is -0.142. The second-order valence-electron chi connectivity index (χ2n) is 3.13. The number of aryl methyl sites for hydroxylation is 1. The zero-order valence-corrected chi connectivity index (χ0v) is 8.66. The molecule has 5 nitrogen and oxygen atoms in total. The molecule has 0 spiro atoms. The number of nitrogens with one attached hydrogen (secondary N) is 1. The first-order valence-corrected chi connectivity index (χ1v) is 4.62. The van der Waals surface area contributed by atoms with Gasteiger partial charge >= 0.3 is 5.97 Å². The van der Waals surface area contributed by atoms with E-state index >= 15 is 0 Å². The molecular formula is C10H13NO4. The van der Waals surface area contributed by atoms with Gasteiger partial charge in [-0.1, -0.05) is 0 Å². The molecule has 0 atom stereocenters.